The van der Waals surface area contributed by atoms with Gasteiger partial charge in [0.25, 0.3) is 5.82 Å². The Balaban J connectivity index is 0.00000225. The van der Waals surface area contributed by atoms with Crippen LogP contribution in [-0.2, 0) is 19.5 Å². The van der Waals surface area contributed by atoms with Gasteiger partial charge in [0.2, 0.25) is 5.78 Å². The minimum absolute atomic E-state index is 0. The van der Waals surface area contributed by atoms with E-state index in [1.54, 1.807) is 36.4 Å². The first-order valence-electron chi connectivity index (χ1n) is 9.28. The maximum absolute atomic E-state index is 13.3. The SMILES string of the molecule is O=C(C[n+]1cc(-c2ccc(F)cc2)n2c1CCCCC2)c1ccc(Cl)cc1.[Br-]. The highest BCUT2D eigenvalue weighted by Crippen LogP contribution is 2.24. The Morgan fingerprint density at radius 1 is 1.04 bits per heavy atom. The summed E-state index contributed by atoms with van der Waals surface area (Å²) in [6, 6.07) is 13.6. The van der Waals surface area contributed by atoms with E-state index in [2.05, 4.69) is 9.13 Å². The third-order valence-corrected chi connectivity index (χ3v) is 5.37. The number of imidazole rings is 1. The van der Waals surface area contributed by atoms with Gasteiger partial charge in [0, 0.05) is 22.6 Å². The molecular weight excluding hydrogens is 443 g/mol. The van der Waals surface area contributed by atoms with E-state index in [-0.39, 0.29) is 35.1 Å². The van der Waals surface area contributed by atoms with Crippen LogP contribution in [0.3, 0.4) is 0 Å². The highest BCUT2D eigenvalue weighted by atomic mass is 79.9. The van der Waals surface area contributed by atoms with Gasteiger partial charge in [-0.15, -0.1) is 0 Å². The molecule has 0 radical (unpaired) electrons. The van der Waals surface area contributed by atoms with Gasteiger partial charge in [-0.05, 0) is 67.8 Å². The van der Waals surface area contributed by atoms with E-state index in [4.69, 9.17) is 11.6 Å². The Morgan fingerprint density at radius 2 is 1.75 bits per heavy atom. The number of carbonyl (C=O) groups is 1. The standard InChI is InChI=1S/C22H21ClFN2O.BrH/c23-18-9-5-17(6-10-18)21(27)15-25-14-20(16-7-11-19(24)12-8-16)26-13-3-1-2-4-22(25)26;/h5-12,14H,1-4,13,15H2;1H/q+1;/p-1. The molecule has 0 saturated carbocycles. The Labute approximate surface area is 179 Å². The lowest BCUT2D eigenvalue weighted by atomic mass is 10.1. The third kappa shape index (κ3) is 4.36. The number of fused-ring (bicyclic) bond motifs is 1. The Kier molecular flexibility index (Phi) is 6.68. The molecule has 0 aliphatic carbocycles. The van der Waals surface area contributed by atoms with Gasteiger partial charge in [0.05, 0.1) is 6.54 Å². The number of aromatic nitrogens is 2. The normalized spacial score (nSPS) is 13.4. The fourth-order valence-corrected chi connectivity index (χ4v) is 3.84. The zero-order valence-corrected chi connectivity index (χ0v) is 17.7. The monoisotopic (exact) mass is 462 g/mol. The Morgan fingerprint density at radius 3 is 2.46 bits per heavy atom. The largest absolute Gasteiger partial charge is 1.00 e. The molecule has 2 aromatic carbocycles. The van der Waals surface area contributed by atoms with Gasteiger partial charge in [-0.2, -0.15) is 0 Å². The highest BCUT2D eigenvalue weighted by Gasteiger charge is 2.27. The quantitative estimate of drug-likeness (QED) is 0.428. The molecule has 4 rings (SSSR count). The molecule has 0 unspecified atom stereocenters. The first-order valence-corrected chi connectivity index (χ1v) is 9.66. The molecule has 146 valence electrons. The summed E-state index contributed by atoms with van der Waals surface area (Å²) in [4.78, 5) is 12.8. The van der Waals surface area contributed by atoms with Crippen molar-refractivity contribution in [3.8, 4) is 11.3 Å². The van der Waals surface area contributed by atoms with Crippen LogP contribution in [0.4, 0.5) is 4.39 Å². The molecule has 1 aliphatic rings. The van der Waals surface area contributed by atoms with Gasteiger partial charge in [-0.3, -0.25) is 4.79 Å². The molecule has 2 heterocycles. The molecule has 3 nitrogen and oxygen atoms in total. The topological polar surface area (TPSA) is 25.9 Å². The van der Waals surface area contributed by atoms with Gasteiger partial charge < -0.3 is 17.0 Å². The summed E-state index contributed by atoms with van der Waals surface area (Å²) in [7, 11) is 0. The number of Topliss-reactive ketones (excluding diaryl/α,β-unsaturated/α-hetero) is 1. The second kappa shape index (κ2) is 9.01. The minimum Gasteiger partial charge on any atom is -1.00 e. The number of benzene rings is 2. The summed E-state index contributed by atoms with van der Waals surface area (Å²) in [5.74, 6) is 0.973. The molecule has 0 bridgehead atoms. The van der Waals surface area contributed by atoms with Crippen molar-refractivity contribution in [3.05, 3.63) is 77.0 Å². The fourth-order valence-electron chi connectivity index (χ4n) is 3.71. The van der Waals surface area contributed by atoms with E-state index in [1.165, 1.54) is 18.6 Å². The van der Waals surface area contributed by atoms with Crippen molar-refractivity contribution in [2.75, 3.05) is 0 Å². The Hall–Kier alpha value is -1.98. The summed E-state index contributed by atoms with van der Waals surface area (Å²) < 4.78 is 17.7. The van der Waals surface area contributed by atoms with Gasteiger partial charge in [-0.1, -0.05) is 11.6 Å². The summed E-state index contributed by atoms with van der Waals surface area (Å²) in [6.07, 6.45) is 6.37. The molecule has 0 fully saturated rings. The van der Waals surface area contributed by atoms with Crippen molar-refractivity contribution in [2.45, 2.75) is 38.8 Å². The van der Waals surface area contributed by atoms with Crippen LogP contribution in [0, 0.1) is 5.82 Å². The van der Waals surface area contributed by atoms with E-state index in [9.17, 15) is 9.18 Å². The maximum atomic E-state index is 13.3. The van der Waals surface area contributed by atoms with Crippen LogP contribution in [0.2, 0.25) is 5.02 Å². The summed E-state index contributed by atoms with van der Waals surface area (Å²) in [5, 5.41) is 0.621. The third-order valence-electron chi connectivity index (χ3n) is 5.11. The van der Waals surface area contributed by atoms with Gasteiger partial charge in [-0.25, -0.2) is 13.5 Å². The van der Waals surface area contributed by atoms with Crippen LogP contribution < -0.4 is 21.5 Å². The molecule has 6 heteroatoms. The molecule has 3 aromatic rings. The number of rotatable bonds is 4. The summed E-state index contributed by atoms with van der Waals surface area (Å²) in [6.45, 7) is 1.21. The second-order valence-corrected chi connectivity index (χ2v) is 7.39. The lowest BCUT2D eigenvalue weighted by Crippen LogP contribution is -3.00. The molecular formula is C22H21BrClFN2O. The van der Waals surface area contributed by atoms with E-state index in [0.717, 1.165) is 42.9 Å². The van der Waals surface area contributed by atoms with E-state index in [0.29, 0.717) is 10.6 Å². The minimum atomic E-state index is -0.243. The first-order chi connectivity index (χ1) is 13.1. The number of nitrogens with zero attached hydrogens (tertiary/aromatic N) is 2. The summed E-state index contributed by atoms with van der Waals surface area (Å²) in [5.41, 5.74) is 2.66. The van der Waals surface area contributed by atoms with Crippen LogP contribution in [0.25, 0.3) is 11.3 Å². The lowest BCUT2D eigenvalue weighted by Gasteiger charge is -2.03. The van der Waals surface area contributed by atoms with Crippen LogP contribution in [0.5, 0.6) is 0 Å². The fraction of sp³-hybridized carbons (Fsp3) is 0.273. The zero-order chi connectivity index (χ0) is 18.8. The predicted molar refractivity (Wildman–Crippen MR) is 103 cm³/mol. The summed E-state index contributed by atoms with van der Waals surface area (Å²) >= 11 is 5.93. The highest BCUT2D eigenvalue weighted by molar-refractivity contribution is 6.30. The molecule has 1 aliphatic heterocycles. The second-order valence-electron chi connectivity index (χ2n) is 6.96. The van der Waals surface area contributed by atoms with Crippen LogP contribution in [-0.4, -0.2) is 10.4 Å². The van der Waals surface area contributed by atoms with Crippen LogP contribution >= 0.6 is 11.6 Å². The predicted octanol–water partition coefficient (Wildman–Crippen LogP) is 1.85. The molecule has 1 aromatic heterocycles. The number of hydrogen-bond acceptors (Lipinski definition) is 1. The first kappa shape index (κ1) is 20.7. The van der Waals surface area contributed by atoms with Crippen molar-refractivity contribution >= 4 is 17.4 Å². The number of halogens is 3. The maximum Gasteiger partial charge on any atom is 0.257 e. The number of hydrogen-bond donors (Lipinski definition) is 0. The van der Waals surface area contributed by atoms with Crippen molar-refractivity contribution in [2.24, 2.45) is 0 Å². The average molecular weight is 464 g/mol. The molecule has 0 N–H and O–H groups in total. The van der Waals surface area contributed by atoms with Crippen molar-refractivity contribution in [3.63, 3.8) is 0 Å². The average Bonchev–Trinajstić information content (AvgIpc) is 2.84. The van der Waals surface area contributed by atoms with E-state index < -0.39 is 0 Å². The van der Waals surface area contributed by atoms with E-state index >= 15 is 0 Å². The van der Waals surface area contributed by atoms with Crippen LogP contribution in [0.15, 0.2) is 54.7 Å². The molecule has 0 spiro atoms. The Bertz CT molecular complexity index is 967. The number of ketones is 1. The van der Waals surface area contributed by atoms with Gasteiger partial charge in [0.15, 0.2) is 12.2 Å². The molecule has 28 heavy (non-hydrogen) atoms. The van der Waals surface area contributed by atoms with E-state index in [1.807, 2.05) is 6.20 Å². The molecule has 0 saturated heterocycles. The van der Waals surface area contributed by atoms with Gasteiger partial charge in [0.1, 0.15) is 12.0 Å². The van der Waals surface area contributed by atoms with Crippen molar-refractivity contribution in [1.29, 1.82) is 0 Å². The van der Waals surface area contributed by atoms with Gasteiger partial charge >= 0.3 is 0 Å². The molecule has 0 amide bonds. The van der Waals surface area contributed by atoms with Crippen molar-refractivity contribution in [1.82, 2.24) is 4.57 Å². The smallest absolute Gasteiger partial charge is 0.257 e. The van der Waals surface area contributed by atoms with Crippen LogP contribution in [0.1, 0.15) is 35.4 Å². The number of carbonyl (C=O) groups excluding carboxylic acids is 1. The lowest BCUT2D eigenvalue weighted by molar-refractivity contribution is -0.690. The zero-order valence-electron chi connectivity index (χ0n) is 15.4. The van der Waals surface area contributed by atoms with Crippen molar-refractivity contribution < 1.29 is 30.7 Å². The molecule has 0 atom stereocenters.